The minimum absolute atomic E-state index is 0.0171. The molecule has 1 fully saturated rings. The molecule has 6 rings (SSSR count). The van der Waals surface area contributed by atoms with E-state index in [-0.39, 0.29) is 5.54 Å². The second kappa shape index (κ2) is 8.15. The fourth-order valence-electron chi connectivity index (χ4n) is 5.61. The number of para-hydroxylation sites is 1. The molecule has 3 aromatic heterocycles. The Hall–Kier alpha value is -3.80. The van der Waals surface area contributed by atoms with Crippen LogP contribution < -0.4 is 5.32 Å². The van der Waals surface area contributed by atoms with Gasteiger partial charge in [0, 0.05) is 32.4 Å². The molecule has 176 valence electrons. The first-order valence-electron chi connectivity index (χ1n) is 11.9. The van der Waals surface area contributed by atoms with E-state index < -0.39 is 0 Å². The minimum atomic E-state index is 0.0171. The molecular weight excluding hydrogens is 438 g/mol. The number of nitriles is 1. The maximum Gasteiger partial charge on any atom is 0.164 e. The zero-order chi connectivity index (χ0) is 24.2. The van der Waals surface area contributed by atoms with Crippen LogP contribution in [0.5, 0.6) is 0 Å². The van der Waals surface area contributed by atoms with Crippen molar-refractivity contribution in [1.29, 1.82) is 5.26 Å². The quantitative estimate of drug-likeness (QED) is 0.479. The van der Waals surface area contributed by atoms with Crippen LogP contribution in [0.2, 0.25) is 0 Å². The lowest BCUT2D eigenvalue weighted by Gasteiger charge is -2.40. The number of pyridine rings is 2. The third kappa shape index (κ3) is 3.39. The smallest absolute Gasteiger partial charge is 0.164 e. The molecule has 0 saturated carbocycles. The topological polar surface area (TPSA) is 91.9 Å². The molecule has 0 aliphatic carbocycles. The number of hydrogen-bond acceptors (Lipinski definition) is 7. The predicted molar refractivity (Wildman–Crippen MR) is 134 cm³/mol. The number of ether oxygens (including phenoxy) is 1. The summed E-state index contributed by atoms with van der Waals surface area (Å²) in [6.45, 7) is 4.37. The van der Waals surface area contributed by atoms with E-state index in [1.54, 1.807) is 6.33 Å². The van der Waals surface area contributed by atoms with Gasteiger partial charge in [0.2, 0.25) is 0 Å². The predicted octanol–water partition coefficient (Wildman–Crippen LogP) is 4.41. The molecular formula is C27H27N7O. The molecule has 35 heavy (non-hydrogen) atoms. The number of imidazole rings is 1. The Labute approximate surface area is 204 Å². The number of benzene rings is 1. The molecule has 1 aromatic carbocycles. The lowest BCUT2D eigenvalue weighted by molar-refractivity contribution is -0.0132. The van der Waals surface area contributed by atoms with E-state index in [2.05, 4.69) is 34.4 Å². The van der Waals surface area contributed by atoms with Crippen LogP contribution in [0.15, 0.2) is 42.7 Å². The largest absolute Gasteiger partial charge is 0.381 e. The van der Waals surface area contributed by atoms with Crippen molar-refractivity contribution in [3.8, 4) is 17.3 Å². The molecule has 4 aromatic rings. The van der Waals surface area contributed by atoms with Crippen LogP contribution in [0.4, 0.5) is 11.5 Å². The molecule has 1 N–H and O–H groups in total. The van der Waals surface area contributed by atoms with Gasteiger partial charge in [0.05, 0.1) is 40.0 Å². The van der Waals surface area contributed by atoms with Crippen LogP contribution in [0.3, 0.4) is 0 Å². The number of rotatable bonds is 3. The molecule has 5 heterocycles. The first-order valence-corrected chi connectivity index (χ1v) is 11.9. The summed E-state index contributed by atoms with van der Waals surface area (Å²) in [5.74, 6) is 0.721. The van der Waals surface area contributed by atoms with Crippen molar-refractivity contribution in [2.75, 3.05) is 25.6 Å². The van der Waals surface area contributed by atoms with Crippen molar-refractivity contribution in [3.05, 3.63) is 65.2 Å². The minimum Gasteiger partial charge on any atom is -0.381 e. The number of nitrogens with zero attached hydrogens (tertiary/aromatic N) is 6. The summed E-state index contributed by atoms with van der Waals surface area (Å²) in [4.78, 5) is 16.6. The van der Waals surface area contributed by atoms with Crippen LogP contribution in [0.1, 0.15) is 35.4 Å². The molecule has 8 nitrogen and oxygen atoms in total. The summed E-state index contributed by atoms with van der Waals surface area (Å²) >= 11 is 0. The molecule has 1 saturated heterocycles. The maximum absolute atomic E-state index is 9.92. The van der Waals surface area contributed by atoms with E-state index in [0.29, 0.717) is 11.4 Å². The highest BCUT2D eigenvalue weighted by Crippen LogP contribution is 2.45. The van der Waals surface area contributed by atoms with Gasteiger partial charge in [-0.05, 0) is 56.1 Å². The fourth-order valence-corrected chi connectivity index (χ4v) is 5.61. The Morgan fingerprint density at radius 1 is 1.11 bits per heavy atom. The lowest BCUT2D eigenvalue weighted by atomic mass is 9.84. The van der Waals surface area contributed by atoms with Crippen LogP contribution in [0, 0.1) is 18.3 Å². The summed E-state index contributed by atoms with van der Waals surface area (Å²) in [6.07, 6.45) is 3.76. The van der Waals surface area contributed by atoms with Crippen molar-refractivity contribution < 1.29 is 4.74 Å². The second-order valence-electron chi connectivity index (χ2n) is 9.51. The van der Waals surface area contributed by atoms with E-state index in [4.69, 9.17) is 14.7 Å². The van der Waals surface area contributed by atoms with Gasteiger partial charge in [0.1, 0.15) is 11.9 Å². The van der Waals surface area contributed by atoms with E-state index in [1.807, 2.05) is 48.9 Å². The van der Waals surface area contributed by atoms with Crippen molar-refractivity contribution in [1.82, 2.24) is 24.4 Å². The van der Waals surface area contributed by atoms with Crippen molar-refractivity contribution >= 4 is 22.5 Å². The van der Waals surface area contributed by atoms with Crippen molar-refractivity contribution in [2.45, 2.75) is 31.8 Å². The Morgan fingerprint density at radius 2 is 1.94 bits per heavy atom. The molecule has 2 aliphatic rings. The van der Waals surface area contributed by atoms with Gasteiger partial charge in [-0.2, -0.15) is 5.26 Å². The van der Waals surface area contributed by atoms with Crippen LogP contribution in [0.25, 0.3) is 22.3 Å². The highest BCUT2D eigenvalue weighted by Gasteiger charge is 2.44. The van der Waals surface area contributed by atoms with E-state index in [0.717, 1.165) is 72.0 Å². The Morgan fingerprint density at radius 3 is 2.74 bits per heavy atom. The van der Waals surface area contributed by atoms with Gasteiger partial charge in [-0.1, -0.05) is 18.2 Å². The Balaban J connectivity index is 1.35. The van der Waals surface area contributed by atoms with Gasteiger partial charge in [0.15, 0.2) is 5.69 Å². The normalized spacial score (nSPS) is 17.0. The third-order valence-corrected chi connectivity index (χ3v) is 7.50. The molecule has 8 heteroatoms. The van der Waals surface area contributed by atoms with Gasteiger partial charge >= 0.3 is 0 Å². The molecule has 2 aliphatic heterocycles. The molecule has 0 atom stereocenters. The van der Waals surface area contributed by atoms with Gasteiger partial charge in [0.25, 0.3) is 0 Å². The van der Waals surface area contributed by atoms with E-state index in [9.17, 15) is 5.26 Å². The lowest BCUT2D eigenvalue weighted by Crippen LogP contribution is -2.43. The first-order chi connectivity index (χ1) is 17.0. The van der Waals surface area contributed by atoms with Gasteiger partial charge in [-0.15, -0.1) is 0 Å². The average Bonchev–Trinajstić information content (AvgIpc) is 3.37. The number of aryl methyl sites for hydroxylation is 2. The molecule has 0 radical (unpaired) electrons. The van der Waals surface area contributed by atoms with Crippen molar-refractivity contribution in [2.24, 2.45) is 7.05 Å². The zero-order valence-corrected chi connectivity index (χ0v) is 20.2. The van der Waals surface area contributed by atoms with Gasteiger partial charge < -0.3 is 14.6 Å². The van der Waals surface area contributed by atoms with E-state index >= 15 is 0 Å². The van der Waals surface area contributed by atoms with Gasteiger partial charge in [-0.3, -0.25) is 4.90 Å². The summed E-state index contributed by atoms with van der Waals surface area (Å²) < 4.78 is 7.61. The zero-order valence-electron chi connectivity index (χ0n) is 20.2. The number of fused-ring (bicyclic) bond motifs is 3. The second-order valence-corrected chi connectivity index (χ2v) is 9.51. The maximum atomic E-state index is 9.92. The number of nitrogens with one attached hydrogen (secondary N) is 1. The summed E-state index contributed by atoms with van der Waals surface area (Å²) in [7, 11) is 4.14. The molecule has 0 unspecified atom stereocenters. The van der Waals surface area contributed by atoms with Crippen LogP contribution in [-0.2, 0) is 23.9 Å². The van der Waals surface area contributed by atoms with Crippen molar-refractivity contribution in [3.63, 3.8) is 0 Å². The number of hydrogen-bond donors (Lipinski definition) is 1. The fraction of sp³-hybridized carbons (Fsp3) is 0.333. The standard InChI is InChI=1S/C27H27N7O/c1-17-13-20(21(14-28)32-25(17)18-5-4-6-23-26(18)29-16-33(23)2)30-24-8-7-19-22(31-24)15-34(3)27(19)9-11-35-12-10-27/h4-8,13,16H,9-12,15H2,1-3H3,(H,30,31). The Bertz CT molecular complexity index is 1490. The first kappa shape index (κ1) is 21.7. The van der Waals surface area contributed by atoms with Crippen LogP contribution >= 0.6 is 0 Å². The van der Waals surface area contributed by atoms with E-state index in [1.165, 1.54) is 5.56 Å². The summed E-state index contributed by atoms with van der Waals surface area (Å²) in [5.41, 5.74) is 7.94. The number of anilines is 2. The van der Waals surface area contributed by atoms with Gasteiger partial charge in [-0.25, -0.2) is 15.0 Å². The highest BCUT2D eigenvalue weighted by atomic mass is 16.5. The number of aromatic nitrogens is 4. The Kier molecular flexibility index (Phi) is 5.06. The SMILES string of the molecule is Cc1cc(Nc2ccc3c(n2)CN(C)C32CCOCC2)c(C#N)nc1-c1cccc2c1ncn2C. The molecule has 1 spiro atoms. The summed E-state index contributed by atoms with van der Waals surface area (Å²) in [5, 5.41) is 13.3. The molecule has 0 bridgehead atoms. The van der Waals surface area contributed by atoms with Crippen LogP contribution in [-0.4, -0.2) is 44.7 Å². The molecule has 0 amide bonds. The monoisotopic (exact) mass is 465 g/mol. The summed E-state index contributed by atoms with van der Waals surface area (Å²) in [6, 6.07) is 14.5. The average molecular weight is 466 g/mol. The highest BCUT2D eigenvalue weighted by molar-refractivity contribution is 5.92. The third-order valence-electron chi connectivity index (χ3n) is 7.50.